The second-order valence-electron chi connectivity index (χ2n) is 3.11. The molecule has 1 N–H and O–H groups in total. The first-order valence-corrected chi connectivity index (χ1v) is 4.33. The molecule has 4 heteroatoms. The highest BCUT2D eigenvalue weighted by Crippen LogP contribution is 2.20. The average molecular weight is 194 g/mol. The molecule has 0 aliphatic rings. The standard InChI is InChI=1S/C10H14N2O2/c1-10(11-2,9(13)14-3)8-5-4-6-12-7-8/h4-7,11H,1-3H3. The van der Waals surface area contributed by atoms with Gasteiger partial charge in [0.15, 0.2) is 0 Å². The van der Waals surface area contributed by atoms with Gasteiger partial charge in [0, 0.05) is 18.0 Å². The minimum Gasteiger partial charge on any atom is -0.467 e. The molecule has 0 fully saturated rings. The topological polar surface area (TPSA) is 51.2 Å². The average Bonchev–Trinajstić information content (AvgIpc) is 2.28. The lowest BCUT2D eigenvalue weighted by Crippen LogP contribution is -2.45. The minimum absolute atomic E-state index is 0.326. The van der Waals surface area contributed by atoms with Crippen molar-refractivity contribution in [1.82, 2.24) is 10.3 Å². The molecule has 14 heavy (non-hydrogen) atoms. The number of carbonyl (C=O) groups excluding carboxylic acids is 1. The van der Waals surface area contributed by atoms with Gasteiger partial charge in [-0.1, -0.05) is 6.07 Å². The Bertz CT molecular complexity index is 313. The maximum absolute atomic E-state index is 11.6. The third-order valence-corrected chi connectivity index (χ3v) is 2.33. The fourth-order valence-corrected chi connectivity index (χ4v) is 1.23. The van der Waals surface area contributed by atoms with Crippen LogP contribution in [0, 0.1) is 0 Å². The van der Waals surface area contributed by atoms with Crippen molar-refractivity contribution in [2.24, 2.45) is 0 Å². The number of nitrogens with one attached hydrogen (secondary N) is 1. The number of likely N-dealkylation sites (N-methyl/N-ethyl adjacent to an activating group) is 1. The lowest BCUT2D eigenvalue weighted by molar-refractivity contribution is -0.148. The molecule has 1 rings (SSSR count). The molecule has 0 spiro atoms. The molecule has 0 aliphatic heterocycles. The van der Waals surface area contributed by atoms with E-state index in [1.807, 2.05) is 6.07 Å². The molecule has 0 saturated carbocycles. The van der Waals surface area contributed by atoms with Crippen LogP contribution in [-0.2, 0) is 15.1 Å². The van der Waals surface area contributed by atoms with Crippen molar-refractivity contribution in [2.45, 2.75) is 12.5 Å². The van der Waals surface area contributed by atoms with Crippen LogP contribution in [-0.4, -0.2) is 25.1 Å². The van der Waals surface area contributed by atoms with E-state index in [-0.39, 0.29) is 5.97 Å². The first kappa shape index (κ1) is 10.7. The fourth-order valence-electron chi connectivity index (χ4n) is 1.23. The van der Waals surface area contributed by atoms with E-state index in [4.69, 9.17) is 4.74 Å². The zero-order chi connectivity index (χ0) is 10.6. The van der Waals surface area contributed by atoms with Gasteiger partial charge >= 0.3 is 5.97 Å². The van der Waals surface area contributed by atoms with Crippen LogP contribution in [0.15, 0.2) is 24.5 Å². The summed E-state index contributed by atoms with van der Waals surface area (Å²) < 4.78 is 4.73. The highest BCUT2D eigenvalue weighted by molar-refractivity contribution is 5.81. The van der Waals surface area contributed by atoms with Gasteiger partial charge in [-0.2, -0.15) is 0 Å². The predicted octanol–water partition coefficient (Wildman–Crippen LogP) is 0.689. The maximum atomic E-state index is 11.6. The molecule has 0 amide bonds. The van der Waals surface area contributed by atoms with Crippen LogP contribution in [0.2, 0.25) is 0 Å². The molecule has 1 unspecified atom stereocenters. The molecule has 76 valence electrons. The molecule has 0 bridgehead atoms. The van der Waals surface area contributed by atoms with Gasteiger partial charge in [0.05, 0.1) is 7.11 Å². The van der Waals surface area contributed by atoms with E-state index < -0.39 is 5.54 Å². The van der Waals surface area contributed by atoms with E-state index in [1.165, 1.54) is 7.11 Å². The highest BCUT2D eigenvalue weighted by Gasteiger charge is 2.34. The van der Waals surface area contributed by atoms with E-state index in [9.17, 15) is 4.79 Å². The Morgan fingerprint density at radius 3 is 2.79 bits per heavy atom. The minimum atomic E-state index is -0.830. The quantitative estimate of drug-likeness (QED) is 0.719. The summed E-state index contributed by atoms with van der Waals surface area (Å²) >= 11 is 0. The predicted molar refractivity (Wildman–Crippen MR) is 52.7 cm³/mol. The second kappa shape index (κ2) is 4.19. The molecule has 1 atom stereocenters. The number of nitrogens with zero attached hydrogens (tertiary/aromatic N) is 1. The van der Waals surface area contributed by atoms with Gasteiger partial charge < -0.3 is 10.1 Å². The number of aromatic nitrogens is 1. The normalized spacial score (nSPS) is 14.5. The monoisotopic (exact) mass is 194 g/mol. The maximum Gasteiger partial charge on any atom is 0.330 e. The summed E-state index contributed by atoms with van der Waals surface area (Å²) in [6.07, 6.45) is 3.31. The van der Waals surface area contributed by atoms with Crippen LogP contribution in [0.3, 0.4) is 0 Å². The summed E-state index contributed by atoms with van der Waals surface area (Å²) in [4.78, 5) is 15.5. The Morgan fingerprint density at radius 1 is 1.64 bits per heavy atom. The van der Waals surface area contributed by atoms with Crippen molar-refractivity contribution in [3.05, 3.63) is 30.1 Å². The molecular weight excluding hydrogens is 180 g/mol. The van der Waals surface area contributed by atoms with Gasteiger partial charge in [0.2, 0.25) is 0 Å². The van der Waals surface area contributed by atoms with E-state index >= 15 is 0 Å². The van der Waals surface area contributed by atoms with Crippen LogP contribution in [0.1, 0.15) is 12.5 Å². The number of esters is 1. The molecule has 0 aliphatic carbocycles. The Hall–Kier alpha value is -1.42. The smallest absolute Gasteiger partial charge is 0.330 e. The van der Waals surface area contributed by atoms with Gasteiger partial charge in [-0.25, -0.2) is 4.79 Å². The van der Waals surface area contributed by atoms with Crippen molar-refractivity contribution in [1.29, 1.82) is 0 Å². The van der Waals surface area contributed by atoms with Crippen LogP contribution in [0.5, 0.6) is 0 Å². The van der Waals surface area contributed by atoms with Crippen LogP contribution < -0.4 is 5.32 Å². The summed E-state index contributed by atoms with van der Waals surface area (Å²) in [5, 5.41) is 2.93. The lowest BCUT2D eigenvalue weighted by atomic mass is 9.94. The van der Waals surface area contributed by atoms with Gasteiger partial charge in [-0.05, 0) is 20.0 Å². The molecular formula is C10H14N2O2. The third kappa shape index (κ3) is 1.75. The van der Waals surface area contributed by atoms with Gasteiger partial charge in [-0.3, -0.25) is 4.98 Å². The zero-order valence-corrected chi connectivity index (χ0v) is 8.57. The number of methoxy groups -OCH3 is 1. The molecule has 1 aromatic rings. The van der Waals surface area contributed by atoms with Crippen LogP contribution >= 0.6 is 0 Å². The van der Waals surface area contributed by atoms with Gasteiger partial charge in [-0.15, -0.1) is 0 Å². The number of rotatable bonds is 3. The highest BCUT2D eigenvalue weighted by atomic mass is 16.5. The summed E-state index contributed by atoms with van der Waals surface area (Å²) in [6.45, 7) is 1.76. The van der Waals surface area contributed by atoms with Crippen molar-refractivity contribution >= 4 is 5.97 Å². The van der Waals surface area contributed by atoms with Crippen molar-refractivity contribution < 1.29 is 9.53 Å². The Balaban J connectivity index is 3.08. The molecule has 1 aromatic heterocycles. The number of ether oxygens (including phenoxy) is 1. The van der Waals surface area contributed by atoms with Crippen LogP contribution in [0.25, 0.3) is 0 Å². The number of hydrogen-bond donors (Lipinski definition) is 1. The fraction of sp³-hybridized carbons (Fsp3) is 0.400. The van der Waals surface area contributed by atoms with E-state index in [1.54, 1.807) is 32.4 Å². The lowest BCUT2D eigenvalue weighted by Gasteiger charge is -2.25. The van der Waals surface area contributed by atoms with Crippen LogP contribution in [0.4, 0.5) is 0 Å². The first-order valence-electron chi connectivity index (χ1n) is 4.33. The van der Waals surface area contributed by atoms with Crippen molar-refractivity contribution in [3.8, 4) is 0 Å². The summed E-state index contributed by atoms with van der Waals surface area (Å²) in [7, 11) is 3.08. The van der Waals surface area contributed by atoms with Crippen molar-refractivity contribution in [3.63, 3.8) is 0 Å². The second-order valence-corrected chi connectivity index (χ2v) is 3.11. The van der Waals surface area contributed by atoms with Crippen molar-refractivity contribution in [2.75, 3.05) is 14.2 Å². The number of carbonyl (C=O) groups is 1. The molecule has 4 nitrogen and oxygen atoms in total. The Kier molecular flexibility index (Phi) is 3.19. The van der Waals surface area contributed by atoms with E-state index in [0.717, 1.165) is 5.56 Å². The third-order valence-electron chi connectivity index (χ3n) is 2.33. The summed E-state index contributed by atoms with van der Waals surface area (Å²) in [5.74, 6) is -0.326. The molecule has 0 radical (unpaired) electrons. The van der Waals surface area contributed by atoms with E-state index in [0.29, 0.717) is 0 Å². The largest absolute Gasteiger partial charge is 0.467 e. The SMILES string of the molecule is CNC(C)(C(=O)OC)c1cccnc1. The molecule has 0 aromatic carbocycles. The summed E-state index contributed by atoms with van der Waals surface area (Å²) in [5.41, 5.74) is -0.0439. The molecule has 0 saturated heterocycles. The number of hydrogen-bond acceptors (Lipinski definition) is 4. The summed E-state index contributed by atoms with van der Waals surface area (Å²) in [6, 6.07) is 3.62. The Morgan fingerprint density at radius 2 is 2.36 bits per heavy atom. The molecule has 1 heterocycles. The zero-order valence-electron chi connectivity index (χ0n) is 8.57. The van der Waals surface area contributed by atoms with Gasteiger partial charge in [0.1, 0.15) is 5.54 Å². The van der Waals surface area contributed by atoms with Gasteiger partial charge in [0.25, 0.3) is 0 Å². The van der Waals surface area contributed by atoms with E-state index in [2.05, 4.69) is 10.3 Å². The first-order chi connectivity index (χ1) is 6.65. The Labute approximate surface area is 83.3 Å². The number of pyridine rings is 1.